The van der Waals surface area contributed by atoms with E-state index in [-0.39, 0.29) is 19.2 Å². The van der Waals surface area contributed by atoms with E-state index in [0.29, 0.717) is 34.9 Å². The first-order valence-corrected chi connectivity index (χ1v) is 12.0. The molecule has 13 heteroatoms. The smallest absolute Gasteiger partial charge is 0.473 e. The summed E-state index contributed by atoms with van der Waals surface area (Å²) in [6.45, 7) is -0.338. The predicted molar refractivity (Wildman–Crippen MR) is 122 cm³/mol. The average Bonchev–Trinajstić information content (AvgIpc) is 3.30. The van der Waals surface area contributed by atoms with E-state index in [1.807, 2.05) is 0 Å². The highest BCUT2D eigenvalue weighted by atomic mass is 31.2. The predicted octanol–water partition coefficient (Wildman–Crippen LogP) is 3.78. The lowest BCUT2D eigenvalue weighted by molar-refractivity contribution is -0.711. The van der Waals surface area contributed by atoms with Gasteiger partial charge in [-0.25, -0.2) is 27.4 Å². The Morgan fingerprint density at radius 3 is 2.61 bits per heavy atom. The van der Waals surface area contributed by atoms with Gasteiger partial charge in [0.15, 0.2) is 5.76 Å². The molecule has 3 aromatic heterocycles. The Morgan fingerprint density at radius 1 is 1.14 bits per heavy atom. The summed E-state index contributed by atoms with van der Waals surface area (Å²) in [5.41, 5.74) is 8.47. The van der Waals surface area contributed by atoms with Crippen molar-refractivity contribution in [3.05, 3.63) is 89.4 Å². The highest BCUT2D eigenvalue weighted by molar-refractivity contribution is 7.47. The summed E-state index contributed by atoms with van der Waals surface area (Å²) in [6, 6.07) is 11.7. The van der Waals surface area contributed by atoms with E-state index >= 15 is 0 Å². The minimum absolute atomic E-state index is 0.0292. The molecule has 4 rings (SSSR count). The molecule has 36 heavy (non-hydrogen) atoms. The quantitative estimate of drug-likeness (QED) is 0.237. The molecule has 0 radical (unpaired) electrons. The number of hydrogen-bond donors (Lipinski definition) is 2. The zero-order valence-electron chi connectivity index (χ0n) is 19.0. The van der Waals surface area contributed by atoms with Crippen molar-refractivity contribution in [3.8, 4) is 17.2 Å². The molecule has 0 saturated heterocycles. The van der Waals surface area contributed by atoms with E-state index < -0.39 is 19.5 Å². The molecule has 0 bridgehead atoms. The second-order valence-corrected chi connectivity index (χ2v) is 9.18. The molecule has 0 fully saturated rings. The third kappa shape index (κ3) is 6.49. The van der Waals surface area contributed by atoms with Crippen LogP contribution in [0.5, 0.6) is 5.88 Å². The van der Waals surface area contributed by atoms with Crippen molar-refractivity contribution in [2.45, 2.75) is 19.8 Å². The molecule has 0 aliphatic rings. The van der Waals surface area contributed by atoms with Gasteiger partial charge >= 0.3 is 7.82 Å². The van der Waals surface area contributed by atoms with E-state index in [9.17, 15) is 18.2 Å². The van der Waals surface area contributed by atoms with Gasteiger partial charge in [-0.05, 0) is 35.4 Å². The zero-order chi connectivity index (χ0) is 25.7. The lowest BCUT2D eigenvalue weighted by Gasteiger charge is -2.09. The minimum Gasteiger partial charge on any atom is -0.473 e. The van der Waals surface area contributed by atoms with Crippen molar-refractivity contribution < 1.29 is 41.1 Å². The standard InChI is InChI=1S/C23H21F2N4O6P/c1-32-36(30,31)34-14-29-6-2-3-20(23(29)26)21-11-19(28-35-21)9-15-4-5-22(27-12-15)33-13-16-7-17(24)10-18(25)8-16/h2-8,10-12,26H,9,13-14H2,1H3,(H,30,31)/p+1. The molecule has 1 atom stereocenters. The van der Waals surface area contributed by atoms with Crippen LogP contribution in [0, 0.1) is 11.6 Å². The summed E-state index contributed by atoms with van der Waals surface area (Å²) in [7, 11) is -3.10. The molecule has 0 spiro atoms. The van der Waals surface area contributed by atoms with Crippen molar-refractivity contribution in [2.24, 2.45) is 0 Å². The second-order valence-electron chi connectivity index (χ2n) is 7.62. The van der Waals surface area contributed by atoms with Gasteiger partial charge in [-0.2, -0.15) is 0 Å². The molecular formula is C23H22F2N4O6P+. The van der Waals surface area contributed by atoms with E-state index in [2.05, 4.69) is 14.7 Å². The summed E-state index contributed by atoms with van der Waals surface area (Å²) in [5.74, 6) is -0.421. The number of anilines is 1. The first-order chi connectivity index (χ1) is 17.2. The lowest BCUT2D eigenvalue weighted by Crippen LogP contribution is -2.38. The molecular weight excluding hydrogens is 497 g/mol. The van der Waals surface area contributed by atoms with Crippen LogP contribution in [0.2, 0.25) is 0 Å². The van der Waals surface area contributed by atoms with Crippen LogP contribution in [-0.2, 0) is 33.4 Å². The Balaban J connectivity index is 1.39. The Labute approximate surface area is 204 Å². The number of nitrogens with two attached hydrogens (primary N) is 1. The van der Waals surface area contributed by atoms with Crippen molar-refractivity contribution >= 4 is 13.6 Å². The van der Waals surface area contributed by atoms with Gasteiger partial charge in [0.05, 0.1) is 11.9 Å². The molecule has 188 valence electrons. The number of phosphoric ester groups is 1. The van der Waals surface area contributed by atoms with E-state index in [1.165, 1.54) is 16.7 Å². The molecule has 0 amide bonds. The normalized spacial score (nSPS) is 12.9. The lowest BCUT2D eigenvalue weighted by atomic mass is 10.1. The topological polar surface area (TPSA) is 134 Å². The number of phosphoric acid groups is 1. The summed E-state index contributed by atoms with van der Waals surface area (Å²) in [6.07, 6.45) is 3.58. The van der Waals surface area contributed by atoms with Crippen molar-refractivity contribution in [1.29, 1.82) is 0 Å². The van der Waals surface area contributed by atoms with Gasteiger partial charge in [0, 0.05) is 37.9 Å². The van der Waals surface area contributed by atoms with Gasteiger partial charge < -0.3 is 14.2 Å². The van der Waals surface area contributed by atoms with E-state index in [0.717, 1.165) is 18.7 Å². The van der Waals surface area contributed by atoms with Gasteiger partial charge in [0.2, 0.25) is 12.6 Å². The third-order valence-corrected chi connectivity index (χ3v) is 5.92. The Morgan fingerprint density at radius 2 is 1.92 bits per heavy atom. The molecule has 0 aliphatic carbocycles. The maximum atomic E-state index is 13.3. The third-order valence-electron chi connectivity index (χ3n) is 5.02. The van der Waals surface area contributed by atoms with E-state index in [4.69, 9.17) is 19.5 Å². The SMILES string of the molecule is COP(=O)(O)OC[n+]1cccc(-c2cc(Cc3ccc(OCc4cc(F)cc(F)c4)nc3)no2)c1N. The molecule has 0 aliphatic heterocycles. The molecule has 10 nitrogen and oxygen atoms in total. The maximum absolute atomic E-state index is 13.3. The van der Waals surface area contributed by atoms with Gasteiger partial charge in [0.1, 0.15) is 23.8 Å². The van der Waals surface area contributed by atoms with Crippen LogP contribution in [0.3, 0.4) is 0 Å². The highest BCUT2D eigenvalue weighted by Crippen LogP contribution is 2.41. The fourth-order valence-corrected chi connectivity index (χ4v) is 3.63. The molecule has 3 heterocycles. The van der Waals surface area contributed by atoms with Crippen LogP contribution < -0.4 is 15.0 Å². The molecule has 1 aromatic carbocycles. The van der Waals surface area contributed by atoms with Crippen molar-refractivity contribution in [1.82, 2.24) is 10.1 Å². The Kier molecular flexibility index (Phi) is 7.70. The largest absolute Gasteiger partial charge is 0.475 e. The van der Waals surface area contributed by atoms with Gasteiger partial charge in [-0.3, -0.25) is 10.3 Å². The van der Waals surface area contributed by atoms with E-state index in [1.54, 1.807) is 42.7 Å². The zero-order valence-corrected chi connectivity index (χ0v) is 19.9. The Bertz CT molecular complexity index is 1380. The number of benzene rings is 1. The maximum Gasteiger partial charge on any atom is 0.475 e. The Hall–Kier alpha value is -3.70. The van der Waals surface area contributed by atoms with Gasteiger partial charge in [0.25, 0.3) is 5.82 Å². The fraction of sp³-hybridized carbons (Fsp3) is 0.174. The number of rotatable bonds is 10. The molecule has 3 N–H and O–H groups in total. The number of halogens is 2. The number of hydrogen-bond acceptors (Lipinski definition) is 8. The molecule has 4 aromatic rings. The van der Waals surface area contributed by atoms with Crippen LogP contribution in [0.15, 0.2) is 65.4 Å². The fourth-order valence-electron chi connectivity index (χ4n) is 3.26. The van der Waals surface area contributed by atoms with Gasteiger partial charge in [-0.15, -0.1) is 0 Å². The first kappa shape index (κ1) is 25.4. The number of aromatic nitrogens is 3. The van der Waals surface area contributed by atoms with Crippen LogP contribution in [-0.4, -0.2) is 22.1 Å². The minimum atomic E-state index is -4.17. The summed E-state index contributed by atoms with van der Waals surface area (Å²) in [5, 5.41) is 4.07. The number of nitrogens with zero attached hydrogens (tertiary/aromatic N) is 3. The number of pyridine rings is 2. The molecule has 0 saturated carbocycles. The summed E-state index contributed by atoms with van der Waals surface area (Å²) >= 11 is 0. The first-order valence-electron chi connectivity index (χ1n) is 10.5. The van der Waals surface area contributed by atoms with Gasteiger partial charge in [-0.1, -0.05) is 11.2 Å². The summed E-state index contributed by atoms with van der Waals surface area (Å²) in [4.78, 5) is 13.6. The van der Waals surface area contributed by atoms with Crippen molar-refractivity contribution in [3.63, 3.8) is 0 Å². The van der Waals surface area contributed by atoms with Crippen LogP contribution in [0.4, 0.5) is 14.6 Å². The number of ether oxygens (including phenoxy) is 1. The molecule has 1 unspecified atom stereocenters. The summed E-state index contributed by atoms with van der Waals surface area (Å²) < 4.78 is 59.7. The van der Waals surface area contributed by atoms with Crippen LogP contribution in [0.1, 0.15) is 16.8 Å². The number of nitrogen functional groups attached to an aromatic ring is 1. The highest BCUT2D eigenvalue weighted by Gasteiger charge is 2.22. The monoisotopic (exact) mass is 519 g/mol. The van der Waals surface area contributed by atoms with Crippen LogP contribution >= 0.6 is 7.82 Å². The van der Waals surface area contributed by atoms with Crippen LogP contribution in [0.25, 0.3) is 11.3 Å². The second kappa shape index (κ2) is 10.9. The average molecular weight is 519 g/mol. The van der Waals surface area contributed by atoms with Crippen molar-refractivity contribution in [2.75, 3.05) is 12.8 Å².